The summed E-state index contributed by atoms with van der Waals surface area (Å²) in [5, 5.41) is 10.4. The van der Waals surface area contributed by atoms with Gasteiger partial charge in [-0.1, -0.05) is 24.3 Å². The zero-order valence-corrected chi connectivity index (χ0v) is 19.7. The predicted molar refractivity (Wildman–Crippen MR) is 126 cm³/mol. The Balaban J connectivity index is 0.00000171. The maximum Gasteiger partial charge on any atom is 0.231 e. The highest BCUT2D eigenvalue weighted by atomic mass is 35.5. The number of hydrogen-bond donors (Lipinski definition) is 1. The molecule has 1 fully saturated rings. The molecule has 0 aromatic heterocycles. The molecule has 1 unspecified atom stereocenters. The number of aliphatic hydroxyl groups excluding tert-OH is 1. The second kappa shape index (κ2) is 11.8. The van der Waals surface area contributed by atoms with Crippen LogP contribution in [0.5, 0.6) is 17.2 Å². The first-order chi connectivity index (χ1) is 14.1. The van der Waals surface area contributed by atoms with Crippen LogP contribution in [0.2, 0.25) is 0 Å². The van der Waals surface area contributed by atoms with Gasteiger partial charge in [0.2, 0.25) is 6.79 Å². The van der Waals surface area contributed by atoms with Crippen molar-refractivity contribution in [2.45, 2.75) is 26.5 Å². The van der Waals surface area contributed by atoms with Crippen LogP contribution in [-0.2, 0) is 6.54 Å². The normalized spacial score (nSPS) is 16.9. The van der Waals surface area contributed by atoms with Gasteiger partial charge in [0, 0.05) is 39.3 Å². The number of halogens is 2. The summed E-state index contributed by atoms with van der Waals surface area (Å²) in [5.41, 5.74) is 3.45. The van der Waals surface area contributed by atoms with Crippen LogP contribution in [0.3, 0.4) is 0 Å². The minimum atomic E-state index is -0.491. The van der Waals surface area contributed by atoms with Gasteiger partial charge < -0.3 is 19.3 Å². The molecule has 1 atom stereocenters. The zero-order valence-electron chi connectivity index (χ0n) is 18.1. The van der Waals surface area contributed by atoms with Crippen LogP contribution in [0.15, 0.2) is 36.4 Å². The summed E-state index contributed by atoms with van der Waals surface area (Å²) < 4.78 is 16.7. The highest BCUT2D eigenvalue weighted by Gasteiger charge is 2.21. The minimum Gasteiger partial charge on any atom is -0.490 e. The van der Waals surface area contributed by atoms with E-state index in [1.807, 2.05) is 38.1 Å². The lowest BCUT2D eigenvalue weighted by molar-refractivity contribution is 0.0443. The van der Waals surface area contributed by atoms with Gasteiger partial charge in [0.1, 0.15) is 18.5 Å². The number of benzene rings is 2. The van der Waals surface area contributed by atoms with Crippen LogP contribution in [0.25, 0.3) is 0 Å². The van der Waals surface area contributed by atoms with E-state index in [0.717, 1.165) is 61.1 Å². The molecule has 2 aliphatic heterocycles. The third kappa shape index (κ3) is 6.64. The van der Waals surface area contributed by atoms with E-state index in [1.165, 1.54) is 5.56 Å². The fourth-order valence-electron chi connectivity index (χ4n) is 3.98. The number of nitrogens with zero attached hydrogens (tertiary/aromatic N) is 2. The van der Waals surface area contributed by atoms with Crippen LogP contribution >= 0.6 is 24.8 Å². The SMILES string of the molecule is Cc1cccc(C)c1OCC(O)CN1CCN(Cc2ccc3c(c2)OCO3)CC1.Cl.Cl. The van der Waals surface area contributed by atoms with Crippen molar-refractivity contribution < 1.29 is 19.3 Å². The second-order valence-electron chi connectivity index (χ2n) is 7.95. The van der Waals surface area contributed by atoms with Crippen molar-refractivity contribution in [3.63, 3.8) is 0 Å². The molecule has 0 amide bonds. The van der Waals surface area contributed by atoms with Crippen LogP contribution in [0, 0.1) is 13.8 Å². The second-order valence-corrected chi connectivity index (χ2v) is 7.95. The summed E-state index contributed by atoms with van der Waals surface area (Å²) in [5.74, 6) is 2.56. The Morgan fingerprint density at radius 3 is 2.29 bits per heavy atom. The van der Waals surface area contributed by atoms with Gasteiger partial charge in [0.25, 0.3) is 0 Å². The van der Waals surface area contributed by atoms with E-state index < -0.39 is 6.10 Å². The van der Waals surface area contributed by atoms with Gasteiger partial charge in [0.15, 0.2) is 11.5 Å². The number of rotatable bonds is 7. The Morgan fingerprint density at radius 2 is 1.58 bits per heavy atom. The van der Waals surface area contributed by atoms with Crippen LogP contribution in [-0.4, -0.2) is 67.1 Å². The summed E-state index contributed by atoms with van der Waals surface area (Å²) in [7, 11) is 0. The Morgan fingerprint density at radius 1 is 0.935 bits per heavy atom. The lowest BCUT2D eigenvalue weighted by atomic mass is 10.1. The number of piperazine rings is 1. The molecule has 0 aliphatic carbocycles. The molecule has 172 valence electrons. The molecule has 2 aromatic carbocycles. The van der Waals surface area contributed by atoms with Crippen molar-refractivity contribution >= 4 is 24.8 Å². The Labute approximate surface area is 196 Å². The minimum absolute atomic E-state index is 0. The maximum atomic E-state index is 10.4. The Bertz CT molecular complexity index is 824. The molecule has 2 aliphatic rings. The van der Waals surface area contributed by atoms with E-state index in [4.69, 9.17) is 14.2 Å². The third-order valence-electron chi connectivity index (χ3n) is 5.61. The molecule has 1 N–H and O–H groups in total. The van der Waals surface area contributed by atoms with Crippen molar-refractivity contribution in [1.82, 2.24) is 9.80 Å². The van der Waals surface area contributed by atoms with E-state index in [1.54, 1.807) is 0 Å². The average Bonchev–Trinajstić information content (AvgIpc) is 3.17. The molecule has 4 rings (SSSR count). The number of β-amino-alcohol motifs (C(OH)–C–C–N with tert-alkyl or cyclic N) is 1. The largest absolute Gasteiger partial charge is 0.490 e. The van der Waals surface area contributed by atoms with Crippen LogP contribution < -0.4 is 14.2 Å². The molecule has 2 aromatic rings. The predicted octanol–water partition coefficient (Wildman–Crippen LogP) is 3.43. The first-order valence-electron chi connectivity index (χ1n) is 10.3. The lowest BCUT2D eigenvalue weighted by Crippen LogP contribution is -2.48. The number of para-hydroxylation sites is 1. The molecule has 8 heteroatoms. The standard InChI is InChI=1S/C23H30N2O4.2ClH/c1-17-4-3-5-18(2)23(17)27-15-20(26)14-25-10-8-24(9-11-25)13-19-6-7-21-22(12-19)29-16-28-21;;/h3-7,12,20,26H,8-11,13-16H2,1-2H3;2*1H. The van der Waals surface area contributed by atoms with E-state index in [0.29, 0.717) is 19.9 Å². The smallest absolute Gasteiger partial charge is 0.231 e. The van der Waals surface area contributed by atoms with Crippen molar-refractivity contribution in [2.75, 3.05) is 46.1 Å². The highest BCUT2D eigenvalue weighted by Crippen LogP contribution is 2.32. The maximum absolute atomic E-state index is 10.4. The van der Waals surface area contributed by atoms with E-state index in [-0.39, 0.29) is 24.8 Å². The first kappa shape index (κ1) is 25.6. The van der Waals surface area contributed by atoms with Gasteiger partial charge in [-0.25, -0.2) is 0 Å². The lowest BCUT2D eigenvalue weighted by Gasteiger charge is -2.35. The van der Waals surface area contributed by atoms with Gasteiger partial charge in [-0.2, -0.15) is 0 Å². The number of aliphatic hydroxyl groups is 1. The monoisotopic (exact) mass is 470 g/mol. The Kier molecular flexibility index (Phi) is 9.72. The number of ether oxygens (including phenoxy) is 3. The molecule has 0 saturated carbocycles. The average molecular weight is 471 g/mol. The van der Waals surface area contributed by atoms with Crippen molar-refractivity contribution in [1.29, 1.82) is 0 Å². The quantitative estimate of drug-likeness (QED) is 0.668. The molecule has 6 nitrogen and oxygen atoms in total. The molecule has 31 heavy (non-hydrogen) atoms. The molecule has 0 bridgehead atoms. The third-order valence-corrected chi connectivity index (χ3v) is 5.61. The van der Waals surface area contributed by atoms with Gasteiger partial charge in [-0.15, -0.1) is 24.8 Å². The van der Waals surface area contributed by atoms with E-state index in [9.17, 15) is 5.11 Å². The number of fused-ring (bicyclic) bond motifs is 1. The summed E-state index contributed by atoms with van der Waals surface area (Å²) in [6.07, 6.45) is -0.491. The topological polar surface area (TPSA) is 54.4 Å². The van der Waals surface area contributed by atoms with E-state index in [2.05, 4.69) is 21.9 Å². The Hall–Kier alpha value is -1.70. The van der Waals surface area contributed by atoms with Crippen molar-refractivity contribution in [2.24, 2.45) is 0 Å². The fraction of sp³-hybridized carbons (Fsp3) is 0.478. The molecule has 2 heterocycles. The molecule has 0 spiro atoms. The van der Waals surface area contributed by atoms with Gasteiger partial charge in [0.05, 0.1) is 0 Å². The summed E-state index contributed by atoms with van der Waals surface area (Å²) in [6, 6.07) is 12.3. The van der Waals surface area contributed by atoms with Gasteiger partial charge in [-0.05, 0) is 42.7 Å². The first-order valence-corrected chi connectivity index (χ1v) is 10.3. The molecule has 0 radical (unpaired) electrons. The summed E-state index contributed by atoms with van der Waals surface area (Å²) >= 11 is 0. The zero-order chi connectivity index (χ0) is 20.2. The summed E-state index contributed by atoms with van der Waals surface area (Å²) in [4.78, 5) is 4.75. The van der Waals surface area contributed by atoms with Gasteiger partial charge >= 0.3 is 0 Å². The van der Waals surface area contributed by atoms with Gasteiger partial charge in [-0.3, -0.25) is 9.80 Å². The summed E-state index contributed by atoms with van der Waals surface area (Å²) in [6.45, 7) is 10.1. The number of aryl methyl sites for hydroxylation is 2. The van der Waals surface area contributed by atoms with Crippen molar-refractivity contribution in [3.05, 3.63) is 53.1 Å². The molecular formula is C23H32Cl2N2O4. The van der Waals surface area contributed by atoms with Crippen LogP contribution in [0.1, 0.15) is 16.7 Å². The van der Waals surface area contributed by atoms with E-state index >= 15 is 0 Å². The molecule has 1 saturated heterocycles. The fourth-order valence-corrected chi connectivity index (χ4v) is 3.98. The molecular weight excluding hydrogens is 439 g/mol. The van der Waals surface area contributed by atoms with Crippen molar-refractivity contribution in [3.8, 4) is 17.2 Å². The highest BCUT2D eigenvalue weighted by molar-refractivity contribution is 5.85. The van der Waals surface area contributed by atoms with Crippen LogP contribution in [0.4, 0.5) is 0 Å². The number of hydrogen-bond acceptors (Lipinski definition) is 6.